The van der Waals surface area contributed by atoms with Crippen LogP contribution < -0.4 is 15.7 Å². The second-order valence-electron chi connectivity index (χ2n) is 6.60. The average Bonchev–Trinajstić information content (AvgIpc) is 2.72. The van der Waals surface area contributed by atoms with Crippen LogP contribution in [0.4, 0.5) is 5.69 Å². The molecule has 0 radical (unpaired) electrons. The van der Waals surface area contributed by atoms with Crippen LogP contribution in [-0.2, 0) is 24.2 Å². The van der Waals surface area contributed by atoms with Crippen LogP contribution in [0.1, 0.15) is 30.5 Å². The van der Waals surface area contributed by atoms with Crippen LogP contribution in [0.25, 0.3) is 0 Å². The van der Waals surface area contributed by atoms with Gasteiger partial charge in [-0.05, 0) is 44.2 Å². The molecule has 0 unspecified atom stereocenters. The molecule has 0 spiro atoms. The highest BCUT2D eigenvalue weighted by Crippen LogP contribution is 2.29. The number of methoxy groups -OCH3 is 1. The first-order valence-corrected chi connectivity index (χ1v) is 10.4. The van der Waals surface area contributed by atoms with Crippen LogP contribution in [0.2, 0.25) is 0 Å². The van der Waals surface area contributed by atoms with Crippen molar-refractivity contribution in [3.8, 4) is 5.75 Å². The third-order valence-electron chi connectivity index (χ3n) is 4.71. The fraction of sp³-hybridized carbons (Fsp3) is 0.450. The number of rotatable bonds is 8. The molecule has 28 heavy (non-hydrogen) atoms. The summed E-state index contributed by atoms with van der Waals surface area (Å²) in [5, 5.41) is 12.6. The van der Waals surface area contributed by atoms with Crippen molar-refractivity contribution in [2.45, 2.75) is 43.7 Å². The van der Waals surface area contributed by atoms with Gasteiger partial charge in [0.15, 0.2) is 0 Å². The number of amides is 1. The number of carbonyl (C=O) groups excluding carboxylic acids is 1. The number of thioether (sulfide) groups is 1. The van der Waals surface area contributed by atoms with Crippen LogP contribution in [0.15, 0.2) is 34.1 Å². The van der Waals surface area contributed by atoms with E-state index in [1.807, 2.05) is 12.1 Å². The molecular formula is C20H25N3O4S. The van der Waals surface area contributed by atoms with Gasteiger partial charge < -0.3 is 15.2 Å². The lowest BCUT2D eigenvalue weighted by atomic mass is 9.97. The molecule has 1 aromatic heterocycles. The molecule has 0 fully saturated rings. The molecule has 2 aromatic rings. The molecule has 3 rings (SSSR count). The van der Waals surface area contributed by atoms with Crippen molar-refractivity contribution in [2.75, 3.05) is 24.8 Å². The van der Waals surface area contributed by atoms with Crippen molar-refractivity contribution in [3.63, 3.8) is 0 Å². The predicted octanol–water partition coefficient (Wildman–Crippen LogP) is 2.24. The zero-order chi connectivity index (χ0) is 19.9. The summed E-state index contributed by atoms with van der Waals surface area (Å²) in [6, 6.07) is 7.23. The predicted molar refractivity (Wildman–Crippen MR) is 109 cm³/mol. The number of nitrogens with zero attached hydrogens (tertiary/aromatic N) is 2. The average molecular weight is 404 g/mol. The number of hydrogen-bond donors (Lipinski definition) is 2. The Morgan fingerprint density at radius 3 is 2.89 bits per heavy atom. The zero-order valence-corrected chi connectivity index (χ0v) is 16.8. The summed E-state index contributed by atoms with van der Waals surface area (Å²) < 4.78 is 6.93. The van der Waals surface area contributed by atoms with Gasteiger partial charge in [0.1, 0.15) is 10.8 Å². The number of aliphatic hydroxyl groups is 1. The molecule has 0 aliphatic heterocycles. The Labute approximate surface area is 168 Å². The maximum absolute atomic E-state index is 12.5. The molecule has 0 atom stereocenters. The molecule has 0 bridgehead atoms. The van der Waals surface area contributed by atoms with Gasteiger partial charge >= 0.3 is 5.69 Å². The second-order valence-corrected chi connectivity index (χ2v) is 7.56. The van der Waals surface area contributed by atoms with Gasteiger partial charge in [-0.25, -0.2) is 4.79 Å². The Balaban J connectivity index is 1.74. The molecule has 8 heteroatoms. The highest BCUT2D eigenvalue weighted by molar-refractivity contribution is 8.00. The minimum atomic E-state index is -0.304. The molecule has 7 nitrogen and oxygen atoms in total. The van der Waals surface area contributed by atoms with Crippen molar-refractivity contribution in [2.24, 2.45) is 0 Å². The number of benzene rings is 1. The van der Waals surface area contributed by atoms with E-state index in [2.05, 4.69) is 10.3 Å². The summed E-state index contributed by atoms with van der Waals surface area (Å²) in [7, 11) is 1.56. The first-order valence-electron chi connectivity index (χ1n) is 9.43. The standard InChI is InChI=1S/C20H25N3O4S/c1-27-17-10-5-3-8-15(17)21-18(25)13-28-19-14-7-2-4-9-16(14)23(11-6-12-24)20(26)22-19/h3,5,8,10,24H,2,4,6-7,9,11-13H2,1H3,(H,21,25). The monoisotopic (exact) mass is 403 g/mol. The van der Waals surface area contributed by atoms with E-state index in [4.69, 9.17) is 9.84 Å². The van der Waals surface area contributed by atoms with Crippen molar-refractivity contribution in [1.82, 2.24) is 9.55 Å². The number of ether oxygens (including phenoxy) is 1. The quantitative estimate of drug-likeness (QED) is 0.519. The van der Waals surface area contributed by atoms with E-state index >= 15 is 0 Å². The summed E-state index contributed by atoms with van der Waals surface area (Å²) in [5.74, 6) is 0.588. The van der Waals surface area contributed by atoms with E-state index in [0.717, 1.165) is 36.9 Å². The van der Waals surface area contributed by atoms with E-state index in [0.29, 0.717) is 29.4 Å². The summed E-state index contributed by atoms with van der Waals surface area (Å²) in [6.07, 6.45) is 4.31. The van der Waals surface area contributed by atoms with Gasteiger partial charge in [-0.3, -0.25) is 9.36 Å². The summed E-state index contributed by atoms with van der Waals surface area (Å²) in [6.45, 7) is 0.519. The SMILES string of the molecule is COc1ccccc1NC(=O)CSc1nc(=O)n(CCCO)c2c1CCCC2. The van der Waals surface area contributed by atoms with E-state index < -0.39 is 0 Å². The van der Waals surface area contributed by atoms with Crippen molar-refractivity contribution in [3.05, 3.63) is 46.0 Å². The zero-order valence-electron chi connectivity index (χ0n) is 15.9. The van der Waals surface area contributed by atoms with Crippen molar-refractivity contribution < 1.29 is 14.6 Å². The molecule has 0 saturated heterocycles. The van der Waals surface area contributed by atoms with Crippen molar-refractivity contribution in [1.29, 1.82) is 0 Å². The fourth-order valence-corrected chi connectivity index (χ4v) is 4.27. The molecular weight excluding hydrogens is 378 g/mol. The third kappa shape index (κ3) is 4.74. The van der Waals surface area contributed by atoms with E-state index in [1.165, 1.54) is 11.8 Å². The normalized spacial score (nSPS) is 13.1. The Morgan fingerprint density at radius 1 is 1.32 bits per heavy atom. The Bertz CT molecular complexity index is 898. The fourth-order valence-electron chi connectivity index (χ4n) is 3.39. The van der Waals surface area contributed by atoms with Gasteiger partial charge in [0.05, 0.1) is 18.6 Å². The van der Waals surface area contributed by atoms with Gasteiger partial charge in [0.2, 0.25) is 5.91 Å². The number of carbonyl (C=O) groups is 1. The Hall–Kier alpha value is -2.32. The number of anilines is 1. The number of nitrogens with one attached hydrogen (secondary N) is 1. The van der Waals surface area contributed by atoms with E-state index in [9.17, 15) is 9.59 Å². The van der Waals surface area contributed by atoms with Crippen LogP contribution >= 0.6 is 11.8 Å². The van der Waals surface area contributed by atoms with Gasteiger partial charge in [0, 0.05) is 24.4 Å². The van der Waals surface area contributed by atoms with Crippen LogP contribution in [0.3, 0.4) is 0 Å². The number of para-hydroxylation sites is 2. The second kappa shape index (κ2) is 9.75. The van der Waals surface area contributed by atoms with Crippen LogP contribution in [-0.4, -0.2) is 40.0 Å². The number of aromatic nitrogens is 2. The van der Waals surface area contributed by atoms with E-state index in [1.54, 1.807) is 23.8 Å². The summed E-state index contributed by atoms with van der Waals surface area (Å²) in [4.78, 5) is 29.1. The number of fused-ring (bicyclic) bond motifs is 1. The Morgan fingerprint density at radius 2 is 2.11 bits per heavy atom. The van der Waals surface area contributed by atoms with Crippen molar-refractivity contribution >= 4 is 23.4 Å². The lowest BCUT2D eigenvalue weighted by molar-refractivity contribution is -0.113. The number of hydrogen-bond acceptors (Lipinski definition) is 6. The molecule has 1 aromatic carbocycles. The molecule has 1 aliphatic carbocycles. The lowest BCUT2D eigenvalue weighted by Gasteiger charge is -2.22. The first-order chi connectivity index (χ1) is 13.6. The highest BCUT2D eigenvalue weighted by Gasteiger charge is 2.21. The minimum absolute atomic E-state index is 0.0425. The maximum Gasteiger partial charge on any atom is 0.348 e. The maximum atomic E-state index is 12.5. The molecule has 1 heterocycles. The van der Waals surface area contributed by atoms with Gasteiger partial charge in [0.25, 0.3) is 0 Å². The van der Waals surface area contributed by atoms with Gasteiger partial charge in [-0.2, -0.15) is 4.98 Å². The lowest BCUT2D eigenvalue weighted by Crippen LogP contribution is -2.30. The Kier molecular flexibility index (Phi) is 7.11. The summed E-state index contributed by atoms with van der Waals surface area (Å²) in [5.41, 5.74) is 2.39. The van der Waals surface area contributed by atoms with Gasteiger partial charge in [-0.1, -0.05) is 23.9 Å². The first kappa shape index (κ1) is 20.4. The molecule has 0 saturated carbocycles. The highest BCUT2D eigenvalue weighted by atomic mass is 32.2. The van der Waals surface area contributed by atoms with E-state index in [-0.39, 0.29) is 24.0 Å². The topological polar surface area (TPSA) is 93.5 Å². The number of aliphatic hydroxyl groups excluding tert-OH is 1. The van der Waals surface area contributed by atoms with Crippen LogP contribution in [0.5, 0.6) is 5.75 Å². The minimum Gasteiger partial charge on any atom is -0.495 e. The molecule has 1 amide bonds. The smallest absolute Gasteiger partial charge is 0.348 e. The molecule has 1 aliphatic rings. The third-order valence-corrected chi connectivity index (χ3v) is 5.73. The van der Waals surface area contributed by atoms with Crippen LogP contribution in [0, 0.1) is 0 Å². The largest absolute Gasteiger partial charge is 0.495 e. The summed E-state index contributed by atoms with van der Waals surface area (Å²) >= 11 is 1.30. The van der Waals surface area contributed by atoms with Gasteiger partial charge in [-0.15, -0.1) is 0 Å². The molecule has 150 valence electrons. The molecule has 2 N–H and O–H groups in total.